The predicted molar refractivity (Wildman–Crippen MR) is 109 cm³/mol. The molecule has 8 nitrogen and oxygen atoms in total. The Kier molecular flexibility index (Phi) is 6.13. The van der Waals surface area contributed by atoms with E-state index >= 15 is 0 Å². The van der Waals surface area contributed by atoms with Gasteiger partial charge in [-0.15, -0.1) is 0 Å². The summed E-state index contributed by atoms with van der Waals surface area (Å²) in [4.78, 5) is 16.4. The van der Waals surface area contributed by atoms with Crippen LogP contribution in [-0.2, 0) is 13.2 Å². The van der Waals surface area contributed by atoms with E-state index in [2.05, 4.69) is 26.0 Å². The van der Waals surface area contributed by atoms with Gasteiger partial charge in [-0.25, -0.2) is 9.67 Å². The van der Waals surface area contributed by atoms with Crippen LogP contribution in [0.4, 0.5) is 23.0 Å². The molecule has 9 heteroatoms. The van der Waals surface area contributed by atoms with E-state index in [1.54, 1.807) is 42.1 Å². The van der Waals surface area contributed by atoms with Gasteiger partial charge in [0.1, 0.15) is 11.6 Å². The molecule has 0 aliphatic rings. The zero-order chi connectivity index (χ0) is 20.1. The van der Waals surface area contributed by atoms with Crippen molar-refractivity contribution in [2.75, 3.05) is 17.7 Å². The van der Waals surface area contributed by atoms with Gasteiger partial charge in [0, 0.05) is 25.7 Å². The first-order valence-electron chi connectivity index (χ1n) is 8.74. The van der Waals surface area contributed by atoms with Gasteiger partial charge in [-0.3, -0.25) is 4.79 Å². The minimum Gasteiger partial charge on any atom is -0.390 e. The van der Waals surface area contributed by atoms with Gasteiger partial charge in [-0.2, -0.15) is 5.10 Å². The lowest BCUT2D eigenvalue weighted by Gasteiger charge is -2.14. The first-order chi connectivity index (χ1) is 13.5. The highest BCUT2D eigenvalue weighted by Crippen LogP contribution is 2.29. The van der Waals surface area contributed by atoms with Crippen molar-refractivity contribution < 1.29 is 9.90 Å². The number of carbonyl (C=O) groups excluding carboxylic acids is 1. The summed E-state index contributed by atoms with van der Waals surface area (Å²) in [5.41, 5.74) is 2.29. The van der Waals surface area contributed by atoms with Gasteiger partial charge in [-0.05, 0) is 19.1 Å². The highest BCUT2D eigenvalue weighted by atomic mass is 35.5. The van der Waals surface area contributed by atoms with Crippen LogP contribution in [0, 0.1) is 0 Å². The third kappa shape index (κ3) is 4.24. The van der Waals surface area contributed by atoms with Gasteiger partial charge >= 0.3 is 0 Å². The molecule has 2 aromatic heterocycles. The molecule has 2 heterocycles. The highest BCUT2D eigenvalue weighted by molar-refractivity contribution is 6.33. The Morgan fingerprint density at radius 2 is 2.00 bits per heavy atom. The van der Waals surface area contributed by atoms with Crippen LogP contribution in [0.3, 0.4) is 0 Å². The number of hydrogen-bond acceptors (Lipinski definition) is 6. The number of nitrogens with zero attached hydrogens (tertiary/aromatic N) is 3. The van der Waals surface area contributed by atoms with Gasteiger partial charge in [0.2, 0.25) is 0 Å². The summed E-state index contributed by atoms with van der Waals surface area (Å²) in [6.07, 6.45) is 1.52. The van der Waals surface area contributed by atoms with Crippen molar-refractivity contribution in [3.8, 4) is 0 Å². The molecule has 3 aromatic rings. The molecule has 0 spiro atoms. The Labute approximate surface area is 167 Å². The average molecular weight is 401 g/mol. The fourth-order valence-corrected chi connectivity index (χ4v) is 2.84. The third-order valence-electron chi connectivity index (χ3n) is 4.07. The zero-order valence-corrected chi connectivity index (χ0v) is 16.3. The van der Waals surface area contributed by atoms with E-state index < -0.39 is 0 Å². The van der Waals surface area contributed by atoms with Crippen LogP contribution in [0.2, 0.25) is 5.02 Å². The minimum atomic E-state index is -0.199. The van der Waals surface area contributed by atoms with Crippen LogP contribution < -0.4 is 16.0 Å². The molecule has 1 aromatic carbocycles. The number of pyridine rings is 1. The van der Waals surface area contributed by atoms with Gasteiger partial charge < -0.3 is 21.1 Å². The topological polar surface area (TPSA) is 104 Å². The van der Waals surface area contributed by atoms with E-state index in [9.17, 15) is 9.90 Å². The summed E-state index contributed by atoms with van der Waals surface area (Å²) in [6.45, 7) is 2.46. The Balaban J connectivity index is 1.89. The molecule has 0 bridgehead atoms. The molecule has 1 amide bonds. The van der Waals surface area contributed by atoms with Crippen molar-refractivity contribution in [2.24, 2.45) is 0 Å². The van der Waals surface area contributed by atoms with Crippen LogP contribution in [0.1, 0.15) is 23.0 Å². The molecule has 28 heavy (non-hydrogen) atoms. The number of nitrogens with one attached hydrogen (secondary N) is 3. The SMILES string of the molecule is CCn1nc(CO)cc1Nc1cc(Nc2ccccc2C(=O)NC)c(Cl)cn1. The number of aliphatic hydroxyl groups excluding tert-OH is 1. The fraction of sp³-hybridized carbons (Fsp3) is 0.211. The molecule has 3 rings (SSSR count). The summed E-state index contributed by atoms with van der Waals surface area (Å²) >= 11 is 6.30. The van der Waals surface area contributed by atoms with E-state index in [4.69, 9.17) is 11.6 Å². The number of para-hydroxylation sites is 1. The fourth-order valence-electron chi connectivity index (χ4n) is 2.69. The largest absolute Gasteiger partial charge is 0.390 e. The molecule has 0 atom stereocenters. The number of aromatic nitrogens is 3. The molecular weight excluding hydrogens is 380 g/mol. The molecule has 0 aliphatic carbocycles. The lowest BCUT2D eigenvalue weighted by molar-refractivity contribution is 0.0964. The second-order valence-corrected chi connectivity index (χ2v) is 6.33. The summed E-state index contributed by atoms with van der Waals surface area (Å²) in [6, 6.07) is 10.7. The number of aryl methyl sites for hydroxylation is 1. The van der Waals surface area contributed by atoms with Crippen LogP contribution >= 0.6 is 11.6 Å². The molecule has 0 radical (unpaired) electrons. The first-order valence-corrected chi connectivity index (χ1v) is 9.11. The maximum atomic E-state index is 12.1. The molecule has 0 unspecified atom stereocenters. The number of halogens is 1. The van der Waals surface area contributed by atoms with E-state index in [-0.39, 0.29) is 12.5 Å². The maximum absolute atomic E-state index is 12.1. The Hall–Kier alpha value is -3.10. The van der Waals surface area contributed by atoms with E-state index in [1.807, 2.05) is 13.0 Å². The molecule has 146 valence electrons. The quantitative estimate of drug-likeness (QED) is 0.485. The Morgan fingerprint density at radius 3 is 2.71 bits per heavy atom. The van der Waals surface area contributed by atoms with Gasteiger partial charge in [-0.1, -0.05) is 23.7 Å². The molecule has 0 aliphatic heterocycles. The second-order valence-electron chi connectivity index (χ2n) is 5.92. The number of rotatable bonds is 7. The van der Waals surface area contributed by atoms with Crippen LogP contribution in [0.5, 0.6) is 0 Å². The second kappa shape index (κ2) is 8.73. The van der Waals surface area contributed by atoms with Crippen molar-refractivity contribution in [2.45, 2.75) is 20.1 Å². The van der Waals surface area contributed by atoms with E-state index in [0.717, 1.165) is 0 Å². The summed E-state index contributed by atoms with van der Waals surface area (Å²) in [5, 5.41) is 23.0. The van der Waals surface area contributed by atoms with E-state index in [1.165, 1.54) is 6.20 Å². The molecule has 0 saturated heterocycles. The molecular formula is C19H21ClN6O2. The van der Waals surface area contributed by atoms with Crippen molar-refractivity contribution >= 4 is 40.5 Å². The summed E-state index contributed by atoms with van der Waals surface area (Å²) in [5.74, 6) is 1.05. The zero-order valence-electron chi connectivity index (χ0n) is 15.5. The van der Waals surface area contributed by atoms with Gasteiger partial charge in [0.05, 0.1) is 40.5 Å². The number of amides is 1. The monoisotopic (exact) mass is 400 g/mol. The number of aliphatic hydroxyl groups is 1. The predicted octanol–water partition coefficient (Wildman–Crippen LogP) is 3.29. The van der Waals surface area contributed by atoms with E-state index in [0.29, 0.717) is 45.8 Å². The Bertz CT molecular complexity index is 988. The minimum absolute atomic E-state index is 0.140. The van der Waals surface area contributed by atoms with Crippen LogP contribution in [0.15, 0.2) is 42.6 Å². The first kappa shape index (κ1) is 19.7. The molecule has 4 N–H and O–H groups in total. The smallest absolute Gasteiger partial charge is 0.253 e. The van der Waals surface area contributed by atoms with Crippen LogP contribution in [-0.4, -0.2) is 32.8 Å². The van der Waals surface area contributed by atoms with Gasteiger partial charge in [0.15, 0.2) is 0 Å². The summed E-state index contributed by atoms with van der Waals surface area (Å²) in [7, 11) is 1.58. The summed E-state index contributed by atoms with van der Waals surface area (Å²) < 4.78 is 1.73. The van der Waals surface area contributed by atoms with Crippen molar-refractivity contribution in [3.63, 3.8) is 0 Å². The lowest BCUT2D eigenvalue weighted by Crippen LogP contribution is -2.19. The Morgan fingerprint density at radius 1 is 1.21 bits per heavy atom. The standard InChI is InChI=1S/C19H21ClN6O2/c1-3-26-18(8-12(11-27)25-26)24-17-9-16(14(20)10-22-17)23-15-7-5-4-6-13(15)19(28)21-2/h4-10,27H,3,11H2,1-2H3,(H,21,28)(H2,22,23,24). The molecule has 0 fully saturated rings. The van der Waals surface area contributed by atoms with Crippen molar-refractivity contribution in [1.82, 2.24) is 20.1 Å². The third-order valence-corrected chi connectivity index (χ3v) is 4.37. The van der Waals surface area contributed by atoms with Crippen molar-refractivity contribution in [1.29, 1.82) is 0 Å². The van der Waals surface area contributed by atoms with Gasteiger partial charge in [0.25, 0.3) is 5.91 Å². The number of anilines is 4. The maximum Gasteiger partial charge on any atom is 0.253 e. The van der Waals surface area contributed by atoms with Crippen molar-refractivity contribution in [3.05, 3.63) is 58.9 Å². The number of hydrogen-bond donors (Lipinski definition) is 4. The average Bonchev–Trinajstić information content (AvgIpc) is 3.12. The number of carbonyl (C=O) groups is 1. The van der Waals surface area contributed by atoms with Crippen LogP contribution in [0.25, 0.3) is 0 Å². The normalized spacial score (nSPS) is 10.6. The lowest BCUT2D eigenvalue weighted by atomic mass is 10.1. The molecule has 0 saturated carbocycles. The number of benzene rings is 1. The highest BCUT2D eigenvalue weighted by Gasteiger charge is 2.12.